The second kappa shape index (κ2) is 7.87. The van der Waals surface area contributed by atoms with E-state index in [1.54, 1.807) is 0 Å². The molecule has 1 amide bonds. The van der Waals surface area contributed by atoms with Gasteiger partial charge in [0, 0.05) is 18.1 Å². The molecule has 2 heterocycles. The molecule has 148 valence electrons. The first kappa shape index (κ1) is 19.5. The van der Waals surface area contributed by atoms with Crippen LogP contribution in [0.15, 0.2) is 52.4 Å². The number of aromatic amines is 1. The zero-order chi connectivity index (χ0) is 20.5. The number of fused-ring (bicyclic) bond motifs is 1. The average molecular weight is 406 g/mol. The number of nitrogens with zero attached hydrogens (tertiary/aromatic N) is 1. The summed E-state index contributed by atoms with van der Waals surface area (Å²) in [6.45, 7) is 6.07. The van der Waals surface area contributed by atoms with Crippen molar-refractivity contribution in [3.05, 3.63) is 86.2 Å². The smallest absolute Gasteiger partial charge is 0.257 e. The predicted molar refractivity (Wildman–Crippen MR) is 117 cm³/mol. The Morgan fingerprint density at radius 3 is 2.66 bits per heavy atom. The molecule has 4 rings (SSSR count). The molecule has 2 aromatic carbocycles. The van der Waals surface area contributed by atoms with E-state index in [0.29, 0.717) is 22.3 Å². The molecule has 1 atom stereocenters. The van der Waals surface area contributed by atoms with Crippen LogP contribution >= 0.6 is 11.8 Å². The number of aromatic nitrogens is 2. The average Bonchev–Trinajstić information content (AvgIpc) is 2.67. The second-order valence-corrected chi connectivity index (χ2v) is 8.54. The molecular weight excluding hydrogens is 382 g/mol. The first-order chi connectivity index (χ1) is 13.9. The third kappa shape index (κ3) is 4.12. The number of rotatable bonds is 4. The standard InChI is InChI=1S/C23H23N3O2S/c1-13-5-4-6-16(9-13)12-29-23-25-21-20(22(28)26-23)18(11-19(27)24-21)17-10-14(2)7-8-15(17)3/h4-10,18H,11-12H2,1-3H3,(H2,24,25,26,27,28)/t18-/m1/s1. The van der Waals surface area contributed by atoms with Gasteiger partial charge in [0.2, 0.25) is 5.91 Å². The monoisotopic (exact) mass is 405 g/mol. The van der Waals surface area contributed by atoms with Gasteiger partial charge in [0.05, 0.1) is 5.56 Å². The molecule has 1 aliphatic heterocycles. The highest BCUT2D eigenvalue weighted by Crippen LogP contribution is 2.36. The maximum Gasteiger partial charge on any atom is 0.257 e. The van der Waals surface area contributed by atoms with Gasteiger partial charge in [-0.15, -0.1) is 0 Å². The Hall–Kier alpha value is -2.86. The van der Waals surface area contributed by atoms with Gasteiger partial charge in [-0.05, 0) is 37.5 Å². The number of carbonyl (C=O) groups excluding carboxylic acids is 1. The van der Waals surface area contributed by atoms with Crippen LogP contribution in [0.4, 0.5) is 5.82 Å². The van der Waals surface area contributed by atoms with Crippen LogP contribution in [0.25, 0.3) is 0 Å². The van der Waals surface area contributed by atoms with Crippen LogP contribution in [0.1, 0.15) is 45.7 Å². The number of H-pyrrole nitrogens is 1. The summed E-state index contributed by atoms with van der Waals surface area (Å²) >= 11 is 1.46. The van der Waals surface area contributed by atoms with E-state index in [1.807, 2.05) is 32.0 Å². The van der Waals surface area contributed by atoms with Gasteiger partial charge < -0.3 is 10.3 Å². The first-order valence-electron chi connectivity index (χ1n) is 9.60. The topological polar surface area (TPSA) is 74.8 Å². The number of nitrogens with one attached hydrogen (secondary N) is 2. The molecule has 0 aliphatic carbocycles. The van der Waals surface area contributed by atoms with E-state index >= 15 is 0 Å². The van der Waals surface area contributed by atoms with Gasteiger partial charge in [-0.1, -0.05) is 65.4 Å². The Kier molecular flexibility index (Phi) is 5.28. The Labute approximate surface area is 174 Å². The number of amides is 1. The summed E-state index contributed by atoms with van der Waals surface area (Å²) in [4.78, 5) is 32.8. The Morgan fingerprint density at radius 1 is 1.07 bits per heavy atom. The lowest BCUT2D eigenvalue weighted by atomic mass is 9.84. The predicted octanol–water partition coefficient (Wildman–Crippen LogP) is 4.46. The van der Waals surface area contributed by atoms with Gasteiger partial charge in [-0.25, -0.2) is 4.98 Å². The lowest BCUT2D eigenvalue weighted by Gasteiger charge is -2.26. The van der Waals surface area contributed by atoms with Crippen LogP contribution in [0, 0.1) is 20.8 Å². The largest absolute Gasteiger partial charge is 0.310 e. The molecule has 5 nitrogen and oxygen atoms in total. The van der Waals surface area contributed by atoms with E-state index in [4.69, 9.17) is 0 Å². The fourth-order valence-corrected chi connectivity index (χ4v) is 4.58. The molecule has 0 fully saturated rings. The van der Waals surface area contributed by atoms with Crippen LogP contribution in [-0.4, -0.2) is 15.9 Å². The van der Waals surface area contributed by atoms with Crippen molar-refractivity contribution in [2.45, 2.75) is 44.0 Å². The number of anilines is 1. The summed E-state index contributed by atoms with van der Waals surface area (Å²) in [5.74, 6) is 0.669. The molecule has 0 saturated heterocycles. The number of benzene rings is 2. The fourth-order valence-electron chi connectivity index (χ4n) is 3.77. The molecule has 29 heavy (non-hydrogen) atoms. The van der Waals surface area contributed by atoms with Crippen molar-refractivity contribution >= 4 is 23.5 Å². The number of hydrogen-bond donors (Lipinski definition) is 2. The summed E-state index contributed by atoms with van der Waals surface area (Å²) in [6, 6.07) is 14.4. The molecule has 3 aromatic rings. The number of hydrogen-bond acceptors (Lipinski definition) is 4. The van der Waals surface area contributed by atoms with Crippen LogP contribution in [0.5, 0.6) is 0 Å². The van der Waals surface area contributed by atoms with Crippen molar-refractivity contribution in [2.75, 3.05) is 5.32 Å². The third-order valence-electron chi connectivity index (χ3n) is 5.20. The van der Waals surface area contributed by atoms with E-state index in [-0.39, 0.29) is 23.8 Å². The summed E-state index contributed by atoms with van der Waals surface area (Å²) in [5.41, 5.74) is 5.89. The van der Waals surface area contributed by atoms with Crippen LogP contribution in [-0.2, 0) is 10.5 Å². The lowest BCUT2D eigenvalue weighted by Crippen LogP contribution is -2.31. The number of carbonyl (C=O) groups is 1. The highest BCUT2D eigenvalue weighted by Gasteiger charge is 2.31. The van der Waals surface area contributed by atoms with Crippen LogP contribution in [0.2, 0.25) is 0 Å². The third-order valence-corrected chi connectivity index (χ3v) is 6.14. The summed E-state index contributed by atoms with van der Waals surface area (Å²) < 4.78 is 0. The minimum absolute atomic E-state index is 0.115. The maximum absolute atomic E-state index is 13.0. The second-order valence-electron chi connectivity index (χ2n) is 7.58. The van der Waals surface area contributed by atoms with Gasteiger partial charge >= 0.3 is 0 Å². The number of thioether (sulfide) groups is 1. The quantitative estimate of drug-likeness (QED) is 0.496. The van der Waals surface area contributed by atoms with Gasteiger partial charge in [-0.3, -0.25) is 9.59 Å². The minimum Gasteiger partial charge on any atom is -0.310 e. The fraction of sp³-hybridized carbons (Fsp3) is 0.261. The normalized spacial score (nSPS) is 15.7. The van der Waals surface area contributed by atoms with Crippen molar-refractivity contribution in [1.82, 2.24) is 9.97 Å². The van der Waals surface area contributed by atoms with Gasteiger partial charge in [0.25, 0.3) is 5.56 Å². The minimum atomic E-state index is -0.286. The first-order valence-corrected chi connectivity index (χ1v) is 10.6. The Bertz CT molecular complexity index is 1150. The SMILES string of the molecule is Cc1cccc(CSc2nc3c(c(=O)[nH]2)[C@@H](c2cc(C)ccc2C)CC(=O)N3)c1. The van der Waals surface area contributed by atoms with E-state index in [2.05, 4.69) is 46.5 Å². The van der Waals surface area contributed by atoms with E-state index in [9.17, 15) is 9.59 Å². The molecule has 1 aromatic heterocycles. The van der Waals surface area contributed by atoms with Gasteiger partial charge in [0.15, 0.2) is 5.16 Å². The van der Waals surface area contributed by atoms with E-state index in [1.165, 1.54) is 17.3 Å². The maximum atomic E-state index is 13.0. The van der Waals surface area contributed by atoms with Crippen molar-refractivity contribution < 1.29 is 4.79 Å². The zero-order valence-electron chi connectivity index (χ0n) is 16.7. The Balaban J connectivity index is 1.69. The molecule has 0 unspecified atom stereocenters. The van der Waals surface area contributed by atoms with Crippen molar-refractivity contribution in [3.63, 3.8) is 0 Å². The van der Waals surface area contributed by atoms with Crippen molar-refractivity contribution in [2.24, 2.45) is 0 Å². The molecule has 0 radical (unpaired) electrons. The molecule has 1 aliphatic rings. The lowest BCUT2D eigenvalue weighted by molar-refractivity contribution is -0.116. The Morgan fingerprint density at radius 2 is 1.86 bits per heavy atom. The highest BCUT2D eigenvalue weighted by atomic mass is 32.2. The van der Waals surface area contributed by atoms with Crippen LogP contribution in [0.3, 0.4) is 0 Å². The summed E-state index contributed by atoms with van der Waals surface area (Å²) in [7, 11) is 0. The van der Waals surface area contributed by atoms with Gasteiger partial charge in [0.1, 0.15) is 5.82 Å². The molecule has 0 saturated carbocycles. The molecule has 2 N–H and O–H groups in total. The van der Waals surface area contributed by atoms with Crippen molar-refractivity contribution in [1.29, 1.82) is 0 Å². The van der Waals surface area contributed by atoms with Crippen molar-refractivity contribution in [3.8, 4) is 0 Å². The zero-order valence-corrected chi connectivity index (χ0v) is 17.5. The molecular formula is C23H23N3O2S. The van der Waals surface area contributed by atoms with Gasteiger partial charge in [-0.2, -0.15) is 0 Å². The van der Waals surface area contributed by atoms with E-state index in [0.717, 1.165) is 22.3 Å². The number of aryl methyl sites for hydroxylation is 3. The molecule has 0 spiro atoms. The van der Waals surface area contributed by atoms with E-state index < -0.39 is 0 Å². The highest BCUT2D eigenvalue weighted by molar-refractivity contribution is 7.98. The molecule has 0 bridgehead atoms. The summed E-state index contributed by atoms with van der Waals surface area (Å²) in [5, 5.41) is 3.31. The molecule has 6 heteroatoms. The summed E-state index contributed by atoms with van der Waals surface area (Å²) in [6.07, 6.45) is 0.248. The van der Waals surface area contributed by atoms with Crippen LogP contribution < -0.4 is 10.9 Å².